The van der Waals surface area contributed by atoms with Crippen molar-refractivity contribution in [3.05, 3.63) is 45.8 Å². The van der Waals surface area contributed by atoms with Crippen LogP contribution >= 0.6 is 0 Å². The van der Waals surface area contributed by atoms with Gasteiger partial charge in [0.05, 0.1) is 18.5 Å². The molecule has 0 aromatic carbocycles. The number of H-pyrrole nitrogens is 1. The van der Waals surface area contributed by atoms with Gasteiger partial charge in [-0.15, -0.1) is 0 Å². The molecule has 3 rings (SSSR count). The molecule has 0 atom stereocenters. The number of hydrogen-bond donors (Lipinski definition) is 1. The quantitative estimate of drug-likeness (QED) is 0.769. The van der Waals surface area contributed by atoms with Crippen LogP contribution in [-0.4, -0.2) is 29.3 Å². The number of rotatable bonds is 7. The standard InChI is InChI=1S/C20H27N3O3/c1-3-15-16(12-14-8-5-4-6-9-14)21-20(22-19(15)25)23(2)13-17(24)18-10-7-11-26-18/h7,10-11,14H,3-6,8-9,12-13H2,1-2H3,(H,21,22,25). The first-order chi connectivity index (χ1) is 12.6. The number of carbonyl (C=O) groups is 1. The van der Waals surface area contributed by atoms with E-state index in [2.05, 4.69) is 4.98 Å². The van der Waals surface area contributed by atoms with E-state index in [4.69, 9.17) is 9.40 Å². The van der Waals surface area contributed by atoms with Crippen LogP contribution in [0.25, 0.3) is 0 Å². The fourth-order valence-corrected chi connectivity index (χ4v) is 3.72. The van der Waals surface area contributed by atoms with Gasteiger partial charge in [-0.25, -0.2) is 4.98 Å². The number of aromatic nitrogens is 2. The second-order valence-corrected chi connectivity index (χ2v) is 7.13. The van der Waals surface area contributed by atoms with E-state index in [1.807, 2.05) is 6.92 Å². The van der Waals surface area contributed by atoms with Crippen LogP contribution in [0.2, 0.25) is 0 Å². The monoisotopic (exact) mass is 357 g/mol. The maximum Gasteiger partial charge on any atom is 0.255 e. The molecule has 1 N–H and O–H groups in total. The third-order valence-electron chi connectivity index (χ3n) is 5.19. The Bertz CT molecular complexity index is 789. The summed E-state index contributed by atoms with van der Waals surface area (Å²) in [6, 6.07) is 3.33. The van der Waals surface area contributed by atoms with Gasteiger partial charge in [-0.3, -0.25) is 14.6 Å². The molecule has 0 saturated heterocycles. The highest BCUT2D eigenvalue weighted by Crippen LogP contribution is 2.27. The van der Waals surface area contributed by atoms with E-state index in [1.54, 1.807) is 24.1 Å². The number of Topliss-reactive ketones (excluding diaryl/α,β-unsaturated/α-hetero) is 1. The molecule has 2 aromatic rings. The zero-order valence-corrected chi connectivity index (χ0v) is 15.6. The summed E-state index contributed by atoms with van der Waals surface area (Å²) in [5.74, 6) is 1.21. The summed E-state index contributed by atoms with van der Waals surface area (Å²) in [6.07, 6.45) is 9.24. The Kier molecular flexibility index (Phi) is 5.91. The molecule has 2 heterocycles. The van der Waals surface area contributed by atoms with E-state index >= 15 is 0 Å². The van der Waals surface area contributed by atoms with E-state index in [-0.39, 0.29) is 17.9 Å². The van der Waals surface area contributed by atoms with Crippen molar-refractivity contribution in [3.63, 3.8) is 0 Å². The van der Waals surface area contributed by atoms with Crippen LogP contribution < -0.4 is 10.5 Å². The largest absolute Gasteiger partial charge is 0.461 e. The molecule has 0 aliphatic heterocycles. The van der Waals surface area contributed by atoms with Crippen molar-refractivity contribution in [1.29, 1.82) is 0 Å². The third-order valence-corrected chi connectivity index (χ3v) is 5.19. The summed E-state index contributed by atoms with van der Waals surface area (Å²) >= 11 is 0. The van der Waals surface area contributed by atoms with Crippen LogP contribution in [0.3, 0.4) is 0 Å². The molecule has 1 aliphatic carbocycles. The molecule has 0 radical (unpaired) electrons. The minimum absolute atomic E-state index is 0.0967. The predicted molar refractivity (Wildman–Crippen MR) is 101 cm³/mol. The lowest BCUT2D eigenvalue weighted by Crippen LogP contribution is -2.31. The number of carbonyl (C=O) groups excluding carboxylic acids is 1. The second-order valence-electron chi connectivity index (χ2n) is 7.13. The summed E-state index contributed by atoms with van der Waals surface area (Å²) in [6.45, 7) is 2.09. The zero-order valence-electron chi connectivity index (χ0n) is 15.6. The summed E-state index contributed by atoms with van der Waals surface area (Å²) in [5, 5.41) is 0. The van der Waals surface area contributed by atoms with Crippen molar-refractivity contribution >= 4 is 11.7 Å². The number of nitrogens with zero attached hydrogens (tertiary/aromatic N) is 2. The average Bonchev–Trinajstić information content (AvgIpc) is 3.17. The highest BCUT2D eigenvalue weighted by Gasteiger charge is 2.20. The van der Waals surface area contributed by atoms with Gasteiger partial charge < -0.3 is 9.32 Å². The number of nitrogens with one attached hydrogen (secondary N) is 1. The Morgan fingerprint density at radius 3 is 2.77 bits per heavy atom. The minimum Gasteiger partial charge on any atom is -0.461 e. The smallest absolute Gasteiger partial charge is 0.255 e. The number of anilines is 1. The lowest BCUT2D eigenvalue weighted by Gasteiger charge is -2.23. The van der Waals surface area contributed by atoms with Crippen molar-refractivity contribution in [2.75, 3.05) is 18.5 Å². The van der Waals surface area contributed by atoms with Gasteiger partial charge in [-0.2, -0.15) is 0 Å². The van der Waals surface area contributed by atoms with Crippen LogP contribution in [0.15, 0.2) is 27.6 Å². The highest BCUT2D eigenvalue weighted by molar-refractivity contribution is 5.96. The molecule has 26 heavy (non-hydrogen) atoms. The Hall–Kier alpha value is -2.37. The lowest BCUT2D eigenvalue weighted by atomic mass is 9.85. The molecule has 6 nitrogen and oxygen atoms in total. The van der Waals surface area contributed by atoms with E-state index in [0.29, 0.717) is 24.0 Å². The molecule has 6 heteroatoms. The van der Waals surface area contributed by atoms with Crippen LogP contribution in [0.1, 0.15) is 60.8 Å². The SMILES string of the molecule is CCc1c(CC2CCCCC2)nc(N(C)CC(=O)c2ccco2)[nH]c1=O. The van der Waals surface area contributed by atoms with E-state index < -0.39 is 0 Å². The third kappa shape index (κ3) is 4.23. The number of likely N-dealkylation sites (N-methyl/N-ethyl adjacent to an activating group) is 1. The van der Waals surface area contributed by atoms with Gasteiger partial charge in [0.1, 0.15) is 0 Å². The van der Waals surface area contributed by atoms with Crippen LogP contribution in [-0.2, 0) is 12.8 Å². The number of ketones is 1. The molecular weight excluding hydrogens is 330 g/mol. The average molecular weight is 357 g/mol. The van der Waals surface area contributed by atoms with Gasteiger partial charge in [0.2, 0.25) is 11.7 Å². The first-order valence-corrected chi connectivity index (χ1v) is 9.48. The maximum absolute atomic E-state index is 12.5. The minimum atomic E-state index is -0.145. The molecule has 1 fully saturated rings. The van der Waals surface area contributed by atoms with Gasteiger partial charge in [0.15, 0.2) is 5.76 Å². The Morgan fingerprint density at radius 2 is 2.12 bits per heavy atom. The lowest BCUT2D eigenvalue weighted by molar-refractivity contribution is 0.0973. The number of furan rings is 1. The van der Waals surface area contributed by atoms with Crippen LogP contribution in [0.4, 0.5) is 5.95 Å². The first kappa shape index (κ1) is 18.4. The van der Waals surface area contributed by atoms with E-state index in [9.17, 15) is 9.59 Å². The molecule has 0 spiro atoms. The highest BCUT2D eigenvalue weighted by atomic mass is 16.3. The maximum atomic E-state index is 12.5. The van der Waals surface area contributed by atoms with Gasteiger partial charge >= 0.3 is 0 Å². The topological polar surface area (TPSA) is 79.2 Å². The summed E-state index contributed by atoms with van der Waals surface area (Å²) in [7, 11) is 1.76. The zero-order chi connectivity index (χ0) is 18.5. The Balaban J connectivity index is 1.80. The Morgan fingerprint density at radius 1 is 1.35 bits per heavy atom. The number of hydrogen-bond acceptors (Lipinski definition) is 5. The molecule has 2 aromatic heterocycles. The van der Waals surface area contributed by atoms with Crippen molar-refractivity contribution < 1.29 is 9.21 Å². The van der Waals surface area contributed by atoms with Gasteiger partial charge in [-0.1, -0.05) is 39.0 Å². The molecule has 140 valence electrons. The van der Waals surface area contributed by atoms with Crippen LogP contribution in [0, 0.1) is 5.92 Å². The fraction of sp³-hybridized carbons (Fsp3) is 0.550. The van der Waals surface area contributed by atoms with E-state index in [1.165, 1.54) is 38.4 Å². The summed E-state index contributed by atoms with van der Waals surface area (Å²) in [5.41, 5.74) is 1.56. The van der Waals surface area contributed by atoms with Crippen molar-refractivity contribution in [2.45, 2.75) is 51.9 Å². The molecule has 0 unspecified atom stereocenters. The van der Waals surface area contributed by atoms with Gasteiger partial charge in [-0.05, 0) is 30.9 Å². The molecule has 0 amide bonds. The molecule has 1 aliphatic rings. The van der Waals surface area contributed by atoms with Crippen molar-refractivity contribution in [1.82, 2.24) is 9.97 Å². The molecule has 0 bridgehead atoms. The van der Waals surface area contributed by atoms with Gasteiger partial charge in [0.25, 0.3) is 5.56 Å². The van der Waals surface area contributed by atoms with E-state index in [0.717, 1.165) is 17.7 Å². The van der Waals surface area contributed by atoms with Crippen molar-refractivity contribution in [2.24, 2.45) is 5.92 Å². The Labute approximate surface area is 153 Å². The molecular formula is C20H27N3O3. The van der Waals surface area contributed by atoms with Crippen LogP contribution in [0.5, 0.6) is 0 Å². The summed E-state index contributed by atoms with van der Waals surface area (Å²) in [4.78, 5) is 34.0. The second kappa shape index (κ2) is 8.34. The summed E-state index contributed by atoms with van der Waals surface area (Å²) < 4.78 is 5.15. The number of aromatic amines is 1. The molecule has 1 saturated carbocycles. The first-order valence-electron chi connectivity index (χ1n) is 9.48. The fourth-order valence-electron chi connectivity index (χ4n) is 3.72. The van der Waals surface area contributed by atoms with Crippen molar-refractivity contribution in [3.8, 4) is 0 Å². The normalized spacial score (nSPS) is 15.2. The van der Waals surface area contributed by atoms with Gasteiger partial charge in [0, 0.05) is 12.6 Å². The predicted octanol–water partition coefficient (Wildman–Crippen LogP) is 3.37.